The Hall–Kier alpha value is 0.234. The van der Waals surface area contributed by atoms with Crippen molar-refractivity contribution in [1.82, 2.24) is 0 Å². The Morgan fingerprint density at radius 3 is 1.82 bits per heavy atom. The van der Waals surface area contributed by atoms with E-state index in [-0.39, 0.29) is 37.6 Å². The predicted molar refractivity (Wildman–Crippen MR) is 36.3 cm³/mol. The summed E-state index contributed by atoms with van der Waals surface area (Å²) in [4.78, 5) is -0.0741. The van der Waals surface area contributed by atoms with Crippen LogP contribution in [0.15, 0.2) is 35.2 Å². The minimum absolute atomic E-state index is 0. The van der Waals surface area contributed by atoms with E-state index in [1.807, 2.05) is 0 Å². The van der Waals surface area contributed by atoms with Crippen LogP contribution >= 0.6 is 0 Å². The molecule has 0 aliphatic rings. The van der Waals surface area contributed by atoms with Crippen molar-refractivity contribution in [2.24, 2.45) is 0 Å². The molecule has 0 saturated heterocycles. The van der Waals surface area contributed by atoms with E-state index in [1.54, 1.807) is 18.2 Å². The Morgan fingerprint density at radius 2 is 1.55 bits per heavy atom. The van der Waals surface area contributed by atoms with Crippen molar-refractivity contribution in [1.29, 1.82) is 0 Å². The van der Waals surface area contributed by atoms with Gasteiger partial charge in [0.2, 0.25) is 0 Å². The van der Waals surface area contributed by atoms with Crippen LogP contribution in [0.5, 0.6) is 0 Å². The quantitative estimate of drug-likeness (QED) is 0.751. The van der Waals surface area contributed by atoms with Crippen LogP contribution in [0.4, 0.5) is 0 Å². The zero-order chi connectivity index (χ0) is 7.61. The summed E-state index contributed by atoms with van der Waals surface area (Å²) < 4.78 is 29.2. The molecule has 1 aromatic carbocycles. The van der Waals surface area contributed by atoms with E-state index in [0.29, 0.717) is 0 Å². The van der Waals surface area contributed by atoms with Crippen molar-refractivity contribution in [2.45, 2.75) is 4.90 Å². The Labute approximate surface area is 90.4 Å². The minimum Gasteiger partial charge on any atom is -0.282 e. The molecule has 0 aliphatic heterocycles. The molecular weight excluding hydrogens is 241 g/mol. The summed E-state index contributed by atoms with van der Waals surface area (Å²) in [6.07, 6.45) is 0. The summed E-state index contributed by atoms with van der Waals surface area (Å²) in [6.45, 7) is 0. The first-order valence-electron chi connectivity index (χ1n) is 2.63. The zero-order valence-electron chi connectivity index (χ0n) is 5.64. The van der Waals surface area contributed by atoms with Gasteiger partial charge in [0.1, 0.15) is 0 Å². The van der Waals surface area contributed by atoms with Crippen molar-refractivity contribution >= 4 is 10.1 Å². The number of hydrogen-bond donors (Lipinski definition) is 1. The molecule has 0 aromatic heterocycles. The molecule has 1 rings (SSSR count). The maximum absolute atomic E-state index is 10.4. The molecule has 3 nitrogen and oxygen atoms in total. The fraction of sp³-hybridized carbons (Fsp3) is 0. The van der Waals surface area contributed by atoms with Crippen molar-refractivity contribution in [2.75, 3.05) is 0 Å². The molecular formula is C6H6O3SY. The third-order valence-electron chi connectivity index (χ3n) is 1.04. The summed E-state index contributed by atoms with van der Waals surface area (Å²) >= 11 is 0. The Bertz CT molecular complexity index is 306. The van der Waals surface area contributed by atoms with Gasteiger partial charge in [-0.3, -0.25) is 4.55 Å². The second kappa shape index (κ2) is 4.31. The van der Waals surface area contributed by atoms with E-state index in [4.69, 9.17) is 4.55 Å². The Kier molecular flexibility index (Phi) is 4.40. The standard InChI is InChI=1S/C6H6O3S.Y/c7-10(8,9)6-4-2-1-3-5-6;/h1-5H,(H,7,8,9);. The van der Waals surface area contributed by atoms with Gasteiger partial charge in [0.25, 0.3) is 10.1 Å². The average molecular weight is 247 g/mol. The summed E-state index contributed by atoms with van der Waals surface area (Å²) in [5, 5.41) is 0. The fourth-order valence-electron chi connectivity index (χ4n) is 0.592. The first-order valence-corrected chi connectivity index (χ1v) is 4.07. The normalized spacial score (nSPS) is 10.3. The van der Waals surface area contributed by atoms with E-state index in [1.165, 1.54) is 12.1 Å². The van der Waals surface area contributed by atoms with Crippen molar-refractivity contribution < 1.29 is 45.7 Å². The van der Waals surface area contributed by atoms with E-state index in [9.17, 15) is 8.42 Å². The molecule has 0 fully saturated rings. The molecule has 1 N–H and O–H groups in total. The second-order valence-electron chi connectivity index (χ2n) is 1.79. The molecule has 0 unspecified atom stereocenters. The predicted octanol–water partition coefficient (Wildman–Crippen LogP) is 0.931. The van der Waals surface area contributed by atoms with Gasteiger partial charge >= 0.3 is 0 Å². The van der Waals surface area contributed by atoms with Crippen LogP contribution in [0.1, 0.15) is 0 Å². The van der Waals surface area contributed by atoms with Gasteiger partial charge in [0.15, 0.2) is 0 Å². The van der Waals surface area contributed by atoms with Crippen LogP contribution in [0.2, 0.25) is 0 Å². The smallest absolute Gasteiger partial charge is 0.282 e. The third kappa shape index (κ3) is 3.42. The molecule has 0 spiro atoms. The van der Waals surface area contributed by atoms with Crippen LogP contribution in [0.3, 0.4) is 0 Å². The molecule has 1 radical (unpaired) electrons. The maximum atomic E-state index is 10.4. The summed E-state index contributed by atoms with van der Waals surface area (Å²) in [6, 6.07) is 7.42. The van der Waals surface area contributed by atoms with Crippen molar-refractivity contribution in [3.63, 3.8) is 0 Å². The molecule has 0 bridgehead atoms. The van der Waals surface area contributed by atoms with Crippen LogP contribution < -0.4 is 0 Å². The Morgan fingerprint density at radius 1 is 1.09 bits per heavy atom. The third-order valence-corrected chi connectivity index (χ3v) is 1.91. The van der Waals surface area contributed by atoms with Gasteiger partial charge < -0.3 is 0 Å². The molecule has 1 aromatic rings. The van der Waals surface area contributed by atoms with Gasteiger partial charge in [-0.15, -0.1) is 0 Å². The van der Waals surface area contributed by atoms with Crippen LogP contribution in [0.25, 0.3) is 0 Å². The first kappa shape index (κ1) is 11.2. The van der Waals surface area contributed by atoms with Gasteiger partial charge in [0.05, 0.1) is 4.90 Å². The SMILES string of the molecule is O=S(=O)(O)c1ccccc1.[Y]. The fourth-order valence-corrected chi connectivity index (χ4v) is 1.09. The van der Waals surface area contributed by atoms with E-state index >= 15 is 0 Å². The number of benzene rings is 1. The average Bonchev–Trinajstić information content (AvgIpc) is 1.88. The molecule has 0 amide bonds. The van der Waals surface area contributed by atoms with Gasteiger partial charge in [-0.2, -0.15) is 8.42 Å². The van der Waals surface area contributed by atoms with E-state index < -0.39 is 10.1 Å². The zero-order valence-corrected chi connectivity index (χ0v) is 9.29. The van der Waals surface area contributed by atoms with Crippen LogP contribution in [-0.2, 0) is 42.8 Å². The maximum Gasteiger partial charge on any atom is 0.294 e. The minimum atomic E-state index is -4.00. The van der Waals surface area contributed by atoms with E-state index in [2.05, 4.69) is 0 Å². The molecule has 0 saturated carbocycles. The number of rotatable bonds is 1. The van der Waals surface area contributed by atoms with Crippen LogP contribution in [0, 0.1) is 0 Å². The molecule has 0 aliphatic carbocycles. The van der Waals surface area contributed by atoms with Crippen LogP contribution in [-0.4, -0.2) is 13.0 Å². The monoisotopic (exact) mass is 247 g/mol. The molecule has 57 valence electrons. The molecule has 11 heavy (non-hydrogen) atoms. The van der Waals surface area contributed by atoms with Crippen molar-refractivity contribution in [3.05, 3.63) is 30.3 Å². The molecule has 0 heterocycles. The Balaban J connectivity index is 0.000001000. The molecule has 5 heteroatoms. The second-order valence-corrected chi connectivity index (χ2v) is 3.21. The van der Waals surface area contributed by atoms with Gasteiger partial charge in [0, 0.05) is 32.7 Å². The summed E-state index contributed by atoms with van der Waals surface area (Å²) in [5.41, 5.74) is 0. The number of hydrogen-bond acceptors (Lipinski definition) is 2. The molecule has 0 atom stereocenters. The summed E-state index contributed by atoms with van der Waals surface area (Å²) in [5.74, 6) is 0. The largest absolute Gasteiger partial charge is 0.294 e. The van der Waals surface area contributed by atoms with Gasteiger partial charge in [-0.25, -0.2) is 0 Å². The van der Waals surface area contributed by atoms with Crippen molar-refractivity contribution in [3.8, 4) is 0 Å². The summed E-state index contributed by atoms with van der Waals surface area (Å²) in [7, 11) is -4.00. The topological polar surface area (TPSA) is 54.4 Å². The first-order chi connectivity index (χ1) is 4.61. The van der Waals surface area contributed by atoms with Gasteiger partial charge in [-0.1, -0.05) is 18.2 Å². The van der Waals surface area contributed by atoms with E-state index in [0.717, 1.165) is 0 Å². The van der Waals surface area contributed by atoms with Gasteiger partial charge in [-0.05, 0) is 12.1 Å².